The number of piperidine rings is 1. The van der Waals surface area contributed by atoms with Crippen molar-refractivity contribution in [3.63, 3.8) is 0 Å². The second kappa shape index (κ2) is 8.00. The maximum atomic E-state index is 14.4. The van der Waals surface area contributed by atoms with E-state index < -0.39 is 17.2 Å². The van der Waals surface area contributed by atoms with Crippen LogP contribution >= 0.6 is 0 Å². The number of hydrogen-bond acceptors (Lipinski definition) is 6. The molecule has 7 nitrogen and oxygen atoms in total. The monoisotopic (exact) mass is 451 g/mol. The molecule has 9 heteroatoms. The van der Waals surface area contributed by atoms with Crippen LogP contribution in [-0.4, -0.2) is 43.9 Å². The van der Waals surface area contributed by atoms with E-state index in [1.54, 1.807) is 12.3 Å². The largest absolute Gasteiger partial charge is 0.494 e. The molecule has 0 saturated carbocycles. The van der Waals surface area contributed by atoms with Crippen LogP contribution in [0, 0.1) is 11.6 Å². The van der Waals surface area contributed by atoms with Crippen LogP contribution in [0.25, 0.3) is 22.2 Å². The molecule has 4 N–H and O–H groups in total. The molecule has 0 aliphatic carbocycles. The molecule has 0 radical (unpaired) electrons. The first-order chi connectivity index (χ1) is 15.8. The highest BCUT2D eigenvalue weighted by atomic mass is 19.1. The van der Waals surface area contributed by atoms with E-state index in [0.29, 0.717) is 35.2 Å². The SMILES string of the molecule is CC1(O)CCN(c2ccc(Nc3cc(-c4c(F)cccc4F)nc4c[nH]c(O)c34)nc2)CC1. The van der Waals surface area contributed by atoms with Gasteiger partial charge in [0, 0.05) is 19.3 Å². The van der Waals surface area contributed by atoms with Gasteiger partial charge in [0.15, 0.2) is 5.88 Å². The average molecular weight is 451 g/mol. The van der Waals surface area contributed by atoms with E-state index in [1.807, 2.05) is 13.0 Å². The van der Waals surface area contributed by atoms with Crippen molar-refractivity contribution in [2.45, 2.75) is 25.4 Å². The molecule has 33 heavy (non-hydrogen) atoms. The Kier molecular flexibility index (Phi) is 5.13. The summed E-state index contributed by atoms with van der Waals surface area (Å²) in [5.74, 6) is -1.07. The van der Waals surface area contributed by atoms with Crippen molar-refractivity contribution in [2.24, 2.45) is 0 Å². The van der Waals surface area contributed by atoms with Gasteiger partial charge in [-0.05, 0) is 50.1 Å². The van der Waals surface area contributed by atoms with Gasteiger partial charge >= 0.3 is 0 Å². The molecular weight excluding hydrogens is 428 g/mol. The number of anilines is 3. The number of rotatable bonds is 4. The molecule has 1 aliphatic heterocycles. The summed E-state index contributed by atoms with van der Waals surface area (Å²) < 4.78 is 28.8. The van der Waals surface area contributed by atoms with E-state index in [-0.39, 0.29) is 17.1 Å². The summed E-state index contributed by atoms with van der Waals surface area (Å²) in [7, 11) is 0. The minimum absolute atomic E-state index is 0.0941. The van der Waals surface area contributed by atoms with Crippen molar-refractivity contribution in [3.8, 4) is 17.1 Å². The summed E-state index contributed by atoms with van der Waals surface area (Å²) in [5.41, 5.74) is 0.919. The normalized spacial score (nSPS) is 15.7. The first-order valence-corrected chi connectivity index (χ1v) is 10.7. The van der Waals surface area contributed by atoms with Gasteiger partial charge in [-0.25, -0.2) is 18.7 Å². The second-order valence-electron chi connectivity index (χ2n) is 8.56. The molecule has 0 amide bonds. The number of nitrogens with zero attached hydrogens (tertiary/aromatic N) is 3. The van der Waals surface area contributed by atoms with Gasteiger partial charge in [0.1, 0.15) is 17.5 Å². The third-order valence-electron chi connectivity index (χ3n) is 6.07. The van der Waals surface area contributed by atoms with Crippen LogP contribution in [0.3, 0.4) is 0 Å². The zero-order chi connectivity index (χ0) is 23.2. The van der Waals surface area contributed by atoms with Gasteiger partial charge < -0.3 is 25.4 Å². The van der Waals surface area contributed by atoms with Gasteiger partial charge in [0.2, 0.25) is 0 Å². The fourth-order valence-electron chi connectivity index (χ4n) is 4.13. The van der Waals surface area contributed by atoms with E-state index in [0.717, 1.165) is 18.8 Å². The Morgan fingerprint density at radius 1 is 1.12 bits per heavy atom. The molecule has 0 spiro atoms. The predicted molar refractivity (Wildman–Crippen MR) is 123 cm³/mol. The number of aromatic amines is 1. The van der Waals surface area contributed by atoms with Gasteiger partial charge in [0.25, 0.3) is 0 Å². The minimum atomic E-state index is -0.726. The summed E-state index contributed by atoms with van der Waals surface area (Å²) in [4.78, 5) is 13.6. The molecule has 1 aliphatic rings. The lowest BCUT2D eigenvalue weighted by Crippen LogP contribution is -2.42. The van der Waals surface area contributed by atoms with Crippen molar-refractivity contribution in [1.82, 2.24) is 15.0 Å². The number of aliphatic hydroxyl groups is 1. The Morgan fingerprint density at radius 3 is 2.52 bits per heavy atom. The van der Waals surface area contributed by atoms with E-state index in [4.69, 9.17) is 0 Å². The highest BCUT2D eigenvalue weighted by Gasteiger charge is 2.27. The average Bonchev–Trinajstić information content (AvgIpc) is 3.15. The summed E-state index contributed by atoms with van der Waals surface area (Å²) in [6.07, 6.45) is 4.57. The van der Waals surface area contributed by atoms with Crippen molar-refractivity contribution in [2.75, 3.05) is 23.3 Å². The smallest absolute Gasteiger partial charge is 0.200 e. The number of aromatic nitrogens is 3. The lowest BCUT2D eigenvalue weighted by molar-refractivity contribution is 0.0351. The zero-order valence-electron chi connectivity index (χ0n) is 17.9. The van der Waals surface area contributed by atoms with E-state index in [1.165, 1.54) is 30.5 Å². The standard InChI is InChI=1S/C24H23F2N5O2/c1-24(33)7-9-31(10-8-24)14-5-6-20(27-12-14)30-18-11-17(21-15(25)3-2-4-16(21)26)29-19-13-28-23(32)22(18)19/h2-6,11-13,28,32-33H,7-10H2,1H3,(H,27,30). The zero-order valence-corrected chi connectivity index (χ0v) is 17.9. The Balaban J connectivity index is 1.47. The molecule has 1 aromatic carbocycles. The van der Waals surface area contributed by atoms with E-state index in [9.17, 15) is 19.0 Å². The number of benzene rings is 1. The number of H-pyrrole nitrogens is 1. The second-order valence-corrected chi connectivity index (χ2v) is 8.56. The topological polar surface area (TPSA) is 97.3 Å². The van der Waals surface area contributed by atoms with E-state index in [2.05, 4.69) is 25.2 Å². The molecule has 0 bridgehead atoms. The summed E-state index contributed by atoms with van der Waals surface area (Å²) in [6, 6.07) is 8.84. The molecule has 4 aromatic rings. The molecule has 3 aromatic heterocycles. The molecule has 0 atom stereocenters. The van der Waals surface area contributed by atoms with Crippen molar-refractivity contribution < 1.29 is 19.0 Å². The van der Waals surface area contributed by atoms with Crippen LogP contribution in [0.5, 0.6) is 5.88 Å². The van der Waals surface area contributed by atoms with Crippen LogP contribution < -0.4 is 10.2 Å². The molecule has 1 saturated heterocycles. The van der Waals surface area contributed by atoms with E-state index >= 15 is 0 Å². The maximum Gasteiger partial charge on any atom is 0.200 e. The van der Waals surface area contributed by atoms with Crippen LogP contribution in [0.2, 0.25) is 0 Å². The van der Waals surface area contributed by atoms with Gasteiger partial charge in [-0.2, -0.15) is 0 Å². The third kappa shape index (κ3) is 4.07. The Bertz CT molecular complexity index is 1290. The molecule has 170 valence electrons. The van der Waals surface area contributed by atoms with Gasteiger partial charge in [-0.3, -0.25) is 0 Å². The van der Waals surface area contributed by atoms with Crippen molar-refractivity contribution in [3.05, 3.63) is 60.4 Å². The van der Waals surface area contributed by atoms with Crippen molar-refractivity contribution in [1.29, 1.82) is 0 Å². The van der Waals surface area contributed by atoms with Gasteiger partial charge in [0.05, 0.1) is 45.3 Å². The number of hydrogen-bond donors (Lipinski definition) is 4. The molecule has 5 rings (SSSR count). The van der Waals surface area contributed by atoms with Crippen molar-refractivity contribution >= 4 is 28.1 Å². The molecular formula is C24H23F2N5O2. The fourth-order valence-corrected chi connectivity index (χ4v) is 4.13. The Hall–Kier alpha value is -3.72. The van der Waals surface area contributed by atoms with Crippen LogP contribution in [0.1, 0.15) is 19.8 Å². The Morgan fingerprint density at radius 2 is 1.85 bits per heavy atom. The number of halogens is 2. The van der Waals surface area contributed by atoms with Crippen LogP contribution in [0.4, 0.5) is 26.0 Å². The summed E-state index contributed by atoms with van der Waals surface area (Å²) in [6.45, 7) is 3.32. The number of aromatic hydroxyl groups is 1. The minimum Gasteiger partial charge on any atom is -0.494 e. The third-order valence-corrected chi connectivity index (χ3v) is 6.07. The molecule has 0 unspecified atom stereocenters. The lowest BCUT2D eigenvalue weighted by Gasteiger charge is -2.37. The highest BCUT2D eigenvalue weighted by Crippen LogP contribution is 2.36. The highest BCUT2D eigenvalue weighted by molar-refractivity contribution is 5.99. The quantitative estimate of drug-likeness (QED) is 0.359. The molecule has 1 fully saturated rings. The number of pyridine rings is 2. The molecule has 4 heterocycles. The fraction of sp³-hybridized carbons (Fsp3) is 0.250. The maximum absolute atomic E-state index is 14.4. The number of fused-ring (bicyclic) bond motifs is 1. The first-order valence-electron chi connectivity index (χ1n) is 10.7. The predicted octanol–water partition coefficient (Wildman–Crippen LogP) is 4.70. The van der Waals surface area contributed by atoms with Gasteiger partial charge in [-0.15, -0.1) is 0 Å². The Labute approximate surface area is 188 Å². The first kappa shape index (κ1) is 21.1. The number of nitrogens with one attached hydrogen (secondary N) is 2. The van der Waals surface area contributed by atoms with Gasteiger partial charge in [-0.1, -0.05) is 6.07 Å². The lowest BCUT2D eigenvalue weighted by atomic mass is 9.94. The van der Waals surface area contributed by atoms with Crippen LogP contribution in [0.15, 0.2) is 48.8 Å². The summed E-state index contributed by atoms with van der Waals surface area (Å²) in [5, 5.41) is 23.9. The van der Waals surface area contributed by atoms with Crippen LogP contribution in [-0.2, 0) is 0 Å². The summed E-state index contributed by atoms with van der Waals surface area (Å²) >= 11 is 0.